The standard InChI is InChI=1S/C12H21N3O2.ClH/c1-8-9(2)15(6-5-13-8)12(17)10-3-4-14-11(16)7-10;/h8-10,13H,3-7H2,1-2H3,(H,14,16);1H. The molecule has 2 fully saturated rings. The minimum Gasteiger partial charge on any atom is -0.356 e. The van der Waals surface area contributed by atoms with Gasteiger partial charge in [0.1, 0.15) is 0 Å². The molecule has 0 saturated carbocycles. The lowest BCUT2D eigenvalue weighted by molar-refractivity contribution is -0.143. The van der Waals surface area contributed by atoms with Crippen LogP contribution in [0.15, 0.2) is 0 Å². The number of rotatable bonds is 1. The van der Waals surface area contributed by atoms with Gasteiger partial charge in [0.05, 0.1) is 0 Å². The molecule has 104 valence electrons. The zero-order chi connectivity index (χ0) is 12.4. The second-order valence-corrected chi connectivity index (χ2v) is 5.05. The summed E-state index contributed by atoms with van der Waals surface area (Å²) in [5.41, 5.74) is 0. The van der Waals surface area contributed by atoms with Gasteiger partial charge in [-0.2, -0.15) is 0 Å². The van der Waals surface area contributed by atoms with Crippen molar-refractivity contribution in [3.63, 3.8) is 0 Å². The number of amides is 2. The van der Waals surface area contributed by atoms with Crippen LogP contribution in [0, 0.1) is 5.92 Å². The maximum absolute atomic E-state index is 12.4. The number of carbonyl (C=O) groups is 2. The quantitative estimate of drug-likeness (QED) is 0.716. The van der Waals surface area contributed by atoms with Gasteiger partial charge in [-0.25, -0.2) is 0 Å². The van der Waals surface area contributed by atoms with E-state index >= 15 is 0 Å². The molecular formula is C12H22ClN3O2. The van der Waals surface area contributed by atoms with Crippen LogP contribution >= 0.6 is 12.4 Å². The first-order valence-corrected chi connectivity index (χ1v) is 6.40. The molecule has 2 amide bonds. The van der Waals surface area contributed by atoms with Crippen molar-refractivity contribution in [1.82, 2.24) is 15.5 Å². The smallest absolute Gasteiger partial charge is 0.226 e. The van der Waals surface area contributed by atoms with E-state index in [1.165, 1.54) is 0 Å². The highest BCUT2D eigenvalue weighted by Gasteiger charge is 2.34. The Kier molecular flexibility index (Phi) is 5.41. The van der Waals surface area contributed by atoms with Crippen LogP contribution in [0.1, 0.15) is 26.7 Å². The number of halogens is 1. The van der Waals surface area contributed by atoms with Crippen LogP contribution in [0.3, 0.4) is 0 Å². The van der Waals surface area contributed by atoms with E-state index in [2.05, 4.69) is 24.5 Å². The Morgan fingerprint density at radius 1 is 1.33 bits per heavy atom. The van der Waals surface area contributed by atoms with Gasteiger partial charge < -0.3 is 15.5 Å². The Hall–Kier alpha value is -0.810. The lowest BCUT2D eigenvalue weighted by Gasteiger charge is -2.40. The fourth-order valence-corrected chi connectivity index (χ4v) is 2.60. The average molecular weight is 276 g/mol. The number of nitrogens with one attached hydrogen (secondary N) is 2. The van der Waals surface area contributed by atoms with Crippen LogP contribution in [0.2, 0.25) is 0 Å². The molecule has 0 radical (unpaired) electrons. The molecule has 0 aromatic heterocycles. The normalized spacial score (nSPS) is 32.4. The number of piperidine rings is 1. The van der Waals surface area contributed by atoms with E-state index in [1.54, 1.807) is 0 Å². The van der Waals surface area contributed by atoms with Gasteiger partial charge in [-0.15, -0.1) is 12.4 Å². The second-order valence-electron chi connectivity index (χ2n) is 5.05. The number of piperazine rings is 1. The first kappa shape index (κ1) is 15.2. The maximum Gasteiger partial charge on any atom is 0.226 e. The van der Waals surface area contributed by atoms with Gasteiger partial charge in [-0.3, -0.25) is 9.59 Å². The highest BCUT2D eigenvalue weighted by molar-refractivity contribution is 5.87. The van der Waals surface area contributed by atoms with Crippen molar-refractivity contribution in [3.8, 4) is 0 Å². The molecule has 0 bridgehead atoms. The first-order valence-electron chi connectivity index (χ1n) is 6.40. The van der Waals surface area contributed by atoms with Crippen molar-refractivity contribution < 1.29 is 9.59 Å². The fourth-order valence-electron chi connectivity index (χ4n) is 2.60. The molecule has 2 aliphatic heterocycles. The molecule has 18 heavy (non-hydrogen) atoms. The highest BCUT2D eigenvalue weighted by atomic mass is 35.5. The van der Waals surface area contributed by atoms with E-state index in [0.717, 1.165) is 19.5 Å². The molecule has 0 spiro atoms. The van der Waals surface area contributed by atoms with Crippen molar-refractivity contribution in [3.05, 3.63) is 0 Å². The predicted octanol–water partition coefficient (Wildman–Crippen LogP) is 0.143. The van der Waals surface area contributed by atoms with Crippen molar-refractivity contribution in [2.75, 3.05) is 19.6 Å². The maximum atomic E-state index is 12.4. The highest BCUT2D eigenvalue weighted by Crippen LogP contribution is 2.19. The van der Waals surface area contributed by atoms with E-state index in [-0.39, 0.29) is 36.2 Å². The molecular weight excluding hydrogens is 254 g/mol. The lowest BCUT2D eigenvalue weighted by Crippen LogP contribution is -2.59. The van der Waals surface area contributed by atoms with Gasteiger partial charge >= 0.3 is 0 Å². The molecule has 2 aliphatic rings. The molecule has 2 saturated heterocycles. The minimum absolute atomic E-state index is 0. The summed E-state index contributed by atoms with van der Waals surface area (Å²) in [4.78, 5) is 25.6. The zero-order valence-electron chi connectivity index (χ0n) is 10.9. The van der Waals surface area contributed by atoms with Crippen LogP contribution in [0.5, 0.6) is 0 Å². The first-order chi connectivity index (χ1) is 8.09. The molecule has 2 heterocycles. The minimum atomic E-state index is -0.114. The predicted molar refractivity (Wildman–Crippen MR) is 71.6 cm³/mol. The summed E-state index contributed by atoms with van der Waals surface area (Å²) in [5, 5.41) is 6.12. The van der Waals surface area contributed by atoms with Gasteiger partial charge in [0, 0.05) is 44.1 Å². The summed E-state index contributed by atoms with van der Waals surface area (Å²) in [7, 11) is 0. The van der Waals surface area contributed by atoms with Gasteiger partial charge in [0.25, 0.3) is 0 Å². The second kappa shape index (κ2) is 6.38. The third-order valence-corrected chi connectivity index (χ3v) is 3.91. The topological polar surface area (TPSA) is 61.4 Å². The Balaban J connectivity index is 0.00000162. The number of carbonyl (C=O) groups excluding carboxylic acids is 2. The number of hydrogen-bond acceptors (Lipinski definition) is 3. The average Bonchev–Trinajstić information content (AvgIpc) is 2.32. The Morgan fingerprint density at radius 3 is 2.72 bits per heavy atom. The fraction of sp³-hybridized carbons (Fsp3) is 0.833. The molecule has 2 N–H and O–H groups in total. The van der Waals surface area contributed by atoms with Crippen LogP contribution in [0.4, 0.5) is 0 Å². The van der Waals surface area contributed by atoms with Gasteiger partial charge in [0.15, 0.2) is 0 Å². The SMILES string of the molecule is CC1NCCN(C(=O)C2CCNC(=O)C2)C1C.Cl. The van der Waals surface area contributed by atoms with E-state index < -0.39 is 0 Å². The van der Waals surface area contributed by atoms with E-state index in [0.29, 0.717) is 19.0 Å². The summed E-state index contributed by atoms with van der Waals surface area (Å²) < 4.78 is 0. The van der Waals surface area contributed by atoms with Crippen molar-refractivity contribution >= 4 is 24.2 Å². The van der Waals surface area contributed by atoms with Crippen molar-refractivity contribution in [1.29, 1.82) is 0 Å². The zero-order valence-corrected chi connectivity index (χ0v) is 11.8. The molecule has 6 heteroatoms. The third kappa shape index (κ3) is 3.14. The Morgan fingerprint density at radius 2 is 2.06 bits per heavy atom. The van der Waals surface area contributed by atoms with Crippen LogP contribution in [0.25, 0.3) is 0 Å². The van der Waals surface area contributed by atoms with E-state index in [4.69, 9.17) is 0 Å². The lowest BCUT2D eigenvalue weighted by atomic mass is 9.94. The van der Waals surface area contributed by atoms with Gasteiger partial charge in [-0.1, -0.05) is 0 Å². The molecule has 3 atom stereocenters. The molecule has 0 aromatic carbocycles. The van der Waals surface area contributed by atoms with Crippen molar-refractivity contribution in [2.24, 2.45) is 5.92 Å². The van der Waals surface area contributed by atoms with E-state index in [1.807, 2.05) is 4.90 Å². The summed E-state index contributed by atoms with van der Waals surface area (Å²) in [6.07, 6.45) is 1.12. The molecule has 2 rings (SSSR count). The van der Waals surface area contributed by atoms with Gasteiger partial charge in [0.2, 0.25) is 11.8 Å². The van der Waals surface area contributed by atoms with Crippen LogP contribution in [-0.2, 0) is 9.59 Å². The monoisotopic (exact) mass is 275 g/mol. The van der Waals surface area contributed by atoms with E-state index in [9.17, 15) is 9.59 Å². The summed E-state index contributed by atoms with van der Waals surface area (Å²) in [6, 6.07) is 0.534. The van der Waals surface area contributed by atoms with Crippen LogP contribution in [-0.4, -0.2) is 48.4 Å². The number of nitrogens with zero attached hydrogens (tertiary/aromatic N) is 1. The van der Waals surface area contributed by atoms with Crippen molar-refractivity contribution in [2.45, 2.75) is 38.8 Å². The summed E-state index contributed by atoms with van der Waals surface area (Å²) in [5.74, 6) is 0.0441. The molecule has 0 aliphatic carbocycles. The summed E-state index contributed by atoms with van der Waals surface area (Å²) in [6.45, 7) is 6.39. The summed E-state index contributed by atoms with van der Waals surface area (Å²) >= 11 is 0. The number of hydrogen-bond donors (Lipinski definition) is 2. The van der Waals surface area contributed by atoms with Gasteiger partial charge in [-0.05, 0) is 20.3 Å². The largest absolute Gasteiger partial charge is 0.356 e. The molecule has 3 unspecified atom stereocenters. The third-order valence-electron chi connectivity index (χ3n) is 3.91. The molecule has 0 aromatic rings. The van der Waals surface area contributed by atoms with Crippen LogP contribution < -0.4 is 10.6 Å². The molecule has 5 nitrogen and oxygen atoms in total. The Labute approximate surface area is 114 Å². The Bertz CT molecular complexity index is 324.